The Morgan fingerprint density at radius 3 is 2.47 bits per heavy atom. The van der Waals surface area contributed by atoms with Gasteiger partial charge < -0.3 is 10.5 Å². The van der Waals surface area contributed by atoms with Gasteiger partial charge >= 0.3 is 0 Å². The standard InChI is InChI=1S/C16H18FNO/c1-2-12-6-8-13(9-7-12)19-16-5-3-4-15(17)14(16)10-11-18/h3-9H,2,10-11,18H2,1H3. The van der Waals surface area contributed by atoms with E-state index in [1.807, 2.05) is 24.3 Å². The van der Waals surface area contributed by atoms with Gasteiger partial charge in [0.05, 0.1) is 0 Å². The van der Waals surface area contributed by atoms with Crippen molar-refractivity contribution in [2.45, 2.75) is 19.8 Å². The molecule has 3 heteroatoms. The molecule has 0 aliphatic rings. The second-order valence-corrected chi connectivity index (χ2v) is 4.35. The van der Waals surface area contributed by atoms with Gasteiger partial charge in [0.1, 0.15) is 17.3 Å². The molecule has 2 aromatic rings. The zero-order chi connectivity index (χ0) is 13.7. The van der Waals surface area contributed by atoms with Crippen molar-refractivity contribution in [2.75, 3.05) is 6.54 Å². The lowest BCUT2D eigenvalue weighted by molar-refractivity contribution is 0.467. The van der Waals surface area contributed by atoms with Gasteiger partial charge in [0.2, 0.25) is 0 Å². The van der Waals surface area contributed by atoms with Crippen molar-refractivity contribution < 1.29 is 9.13 Å². The van der Waals surface area contributed by atoms with Gasteiger partial charge in [-0.15, -0.1) is 0 Å². The fourth-order valence-electron chi connectivity index (χ4n) is 1.94. The zero-order valence-corrected chi connectivity index (χ0v) is 11.0. The van der Waals surface area contributed by atoms with Crippen molar-refractivity contribution in [3.8, 4) is 11.5 Å². The lowest BCUT2D eigenvalue weighted by Gasteiger charge is -2.11. The van der Waals surface area contributed by atoms with Crippen LogP contribution in [0, 0.1) is 5.82 Å². The highest BCUT2D eigenvalue weighted by atomic mass is 19.1. The molecule has 100 valence electrons. The number of nitrogens with two attached hydrogens (primary N) is 1. The topological polar surface area (TPSA) is 35.2 Å². The first kappa shape index (κ1) is 13.6. The summed E-state index contributed by atoms with van der Waals surface area (Å²) in [6.07, 6.45) is 1.45. The first-order chi connectivity index (χ1) is 9.24. The Hall–Kier alpha value is -1.87. The fraction of sp³-hybridized carbons (Fsp3) is 0.250. The van der Waals surface area contributed by atoms with Gasteiger partial charge in [0.25, 0.3) is 0 Å². The first-order valence-electron chi connectivity index (χ1n) is 6.49. The average molecular weight is 259 g/mol. The molecule has 0 aliphatic heterocycles. The Bertz CT molecular complexity index is 537. The monoisotopic (exact) mass is 259 g/mol. The Balaban J connectivity index is 2.24. The molecule has 2 nitrogen and oxygen atoms in total. The molecule has 2 aromatic carbocycles. The van der Waals surface area contributed by atoms with E-state index >= 15 is 0 Å². The molecule has 0 aromatic heterocycles. The van der Waals surface area contributed by atoms with Crippen LogP contribution in [0.3, 0.4) is 0 Å². The first-order valence-corrected chi connectivity index (χ1v) is 6.49. The molecule has 0 fully saturated rings. The zero-order valence-electron chi connectivity index (χ0n) is 11.0. The van der Waals surface area contributed by atoms with Crippen LogP contribution in [0.4, 0.5) is 4.39 Å². The maximum absolute atomic E-state index is 13.7. The number of halogens is 1. The molecule has 0 saturated carbocycles. The van der Waals surface area contributed by atoms with E-state index in [-0.39, 0.29) is 5.82 Å². The van der Waals surface area contributed by atoms with Gasteiger partial charge in [-0.3, -0.25) is 0 Å². The number of benzene rings is 2. The summed E-state index contributed by atoms with van der Waals surface area (Å²) in [7, 11) is 0. The van der Waals surface area contributed by atoms with Crippen LogP contribution in [0.1, 0.15) is 18.1 Å². The number of hydrogen-bond acceptors (Lipinski definition) is 2. The highest BCUT2D eigenvalue weighted by Gasteiger charge is 2.09. The van der Waals surface area contributed by atoms with Crippen LogP contribution in [0.15, 0.2) is 42.5 Å². The number of aryl methyl sites for hydroxylation is 1. The summed E-state index contributed by atoms with van der Waals surface area (Å²) in [6, 6.07) is 12.7. The molecule has 2 rings (SSSR count). The molecule has 19 heavy (non-hydrogen) atoms. The van der Waals surface area contributed by atoms with Crippen molar-refractivity contribution in [3.63, 3.8) is 0 Å². The summed E-state index contributed by atoms with van der Waals surface area (Å²) < 4.78 is 19.5. The van der Waals surface area contributed by atoms with Gasteiger partial charge in [-0.1, -0.05) is 25.1 Å². The summed E-state index contributed by atoms with van der Waals surface area (Å²) in [6.45, 7) is 2.49. The van der Waals surface area contributed by atoms with Gasteiger partial charge in [-0.25, -0.2) is 4.39 Å². The molecule has 0 radical (unpaired) electrons. The van der Waals surface area contributed by atoms with Crippen LogP contribution < -0.4 is 10.5 Å². The molecular weight excluding hydrogens is 241 g/mol. The number of rotatable bonds is 5. The predicted octanol–water partition coefficient (Wildman–Crippen LogP) is 3.68. The van der Waals surface area contributed by atoms with E-state index in [0.717, 1.165) is 6.42 Å². The van der Waals surface area contributed by atoms with E-state index in [9.17, 15) is 4.39 Å². The maximum Gasteiger partial charge on any atom is 0.133 e. The van der Waals surface area contributed by atoms with Crippen molar-refractivity contribution in [1.29, 1.82) is 0 Å². The Kier molecular flexibility index (Phi) is 4.53. The average Bonchev–Trinajstić information content (AvgIpc) is 2.43. The number of ether oxygens (including phenoxy) is 1. The molecule has 0 amide bonds. The second kappa shape index (κ2) is 6.34. The minimum Gasteiger partial charge on any atom is -0.457 e. The molecular formula is C16H18FNO. The van der Waals surface area contributed by atoms with Gasteiger partial charge in [0, 0.05) is 5.56 Å². The summed E-state index contributed by atoms with van der Waals surface area (Å²) in [5.74, 6) is 0.976. The van der Waals surface area contributed by atoms with Crippen LogP contribution in [0.5, 0.6) is 11.5 Å². The van der Waals surface area contributed by atoms with Gasteiger partial charge in [0.15, 0.2) is 0 Å². The molecule has 0 atom stereocenters. The van der Waals surface area contributed by atoms with Crippen LogP contribution in [0.2, 0.25) is 0 Å². The minimum absolute atomic E-state index is 0.270. The van der Waals surface area contributed by atoms with Crippen molar-refractivity contribution >= 4 is 0 Å². The summed E-state index contributed by atoms with van der Waals surface area (Å²) >= 11 is 0. The van der Waals surface area contributed by atoms with Crippen molar-refractivity contribution in [1.82, 2.24) is 0 Å². The molecule has 2 N–H and O–H groups in total. The summed E-state index contributed by atoms with van der Waals surface area (Å²) in [5.41, 5.74) is 7.28. The molecule has 0 heterocycles. The predicted molar refractivity (Wildman–Crippen MR) is 75.1 cm³/mol. The highest BCUT2D eigenvalue weighted by Crippen LogP contribution is 2.27. The summed E-state index contributed by atoms with van der Waals surface area (Å²) in [5, 5.41) is 0. The third kappa shape index (κ3) is 3.32. The van der Waals surface area contributed by atoms with E-state index in [2.05, 4.69) is 6.92 Å². The SMILES string of the molecule is CCc1ccc(Oc2cccc(F)c2CCN)cc1. The molecule has 0 spiro atoms. The van der Waals surface area contributed by atoms with Crippen LogP contribution in [-0.2, 0) is 12.8 Å². The number of hydrogen-bond donors (Lipinski definition) is 1. The second-order valence-electron chi connectivity index (χ2n) is 4.35. The molecule has 0 aliphatic carbocycles. The van der Waals surface area contributed by atoms with E-state index in [1.54, 1.807) is 12.1 Å². The molecule has 0 unspecified atom stereocenters. The van der Waals surface area contributed by atoms with E-state index in [0.29, 0.717) is 30.0 Å². The fourth-order valence-corrected chi connectivity index (χ4v) is 1.94. The van der Waals surface area contributed by atoms with Crippen molar-refractivity contribution in [2.24, 2.45) is 5.73 Å². The van der Waals surface area contributed by atoms with Crippen molar-refractivity contribution in [3.05, 3.63) is 59.4 Å². The van der Waals surface area contributed by atoms with Gasteiger partial charge in [-0.2, -0.15) is 0 Å². The normalized spacial score (nSPS) is 10.5. The Morgan fingerprint density at radius 1 is 1.11 bits per heavy atom. The third-order valence-corrected chi connectivity index (χ3v) is 3.03. The lowest BCUT2D eigenvalue weighted by Crippen LogP contribution is -2.06. The lowest BCUT2D eigenvalue weighted by atomic mass is 10.1. The van der Waals surface area contributed by atoms with Gasteiger partial charge in [-0.05, 0) is 49.2 Å². The molecule has 0 saturated heterocycles. The summed E-state index contributed by atoms with van der Waals surface area (Å²) in [4.78, 5) is 0. The third-order valence-electron chi connectivity index (χ3n) is 3.03. The van der Waals surface area contributed by atoms with E-state index in [1.165, 1.54) is 11.6 Å². The minimum atomic E-state index is -0.270. The quantitative estimate of drug-likeness (QED) is 0.889. The van der Waals surface area contributed by atoms with Crippen LogP contribution in [0.25, 0.3) is 0 Å². The van der Waals surface area contributed by atoms with E-state index in [4.69, 9.17) is 10.5 Å². The Morgan fingerprint density at radius 2 is 1.84 bits per heavy atom. The molecule has 0 bridgehead atoms. The largest absolute Gasteiger partial charge is 0.457 e. The Labute approximate surface area is 113 Å². The van der Waals surface area contributed by atoms with E-state index < -0.39 is 0 Å². The smallest absolute Gasteiger partial charge is 0.133 e. The maximum atomic E-state index is 13.7. The van der Waals surface area contributed by atoms with Crippen LogP contribution >= 0.6 is 0 Å². The van der Waals surface area contributed by atoms with Crippen LogP contribution in [-0.4, -0.2) is 6.54 Å². The highest BCUT2D eigenvalue weighted by molar-refractivity contribution is 5.39.